The van der Waals surface area contributed by atoms with E-state index in [1.807, 2.05) is 0 Å². The number of carbonyl (C=O) groups excluding carboxylic acids is 1. The van der Waals surface area contributed by atoms with Crippen LogP contribution >= 0.6 is 0 Å². The van der Waals surface area contributed by atoms with Crippen molar-refractivity contribution in [2.75, 3.05) is 0 Å². The summed E-state index contributed by atoms with van der Waals surface area (Å²) in [5, 5.41) is 3.51. The fourth-order valence-electron chi connectivity index (χ4n) is 2.73. The predicted octanol–water partition coefficient (Wildman–Crippen LogP) is 2.76. The van der Waals surface area contributed by atoms with Gasteiger partial charge in [0.1, 0.15) is 0 Å². The van der Waals surface area contributed by atoms with Crippen LogP contribution in [0.2, 0.25) is 0 Å². The Labute approximate surface area is 106 Å². The van der Waals surface area contributed by atoms with Crippen molar-refractivity contribution in [3.05, 3.63) is 0 Å². The lowest BCUT2D eigenvalue weighted by molar-refractivity contribution is -0.132. The maximum atomic E-state index is 12.4. The summed E-state index contributed by atoms with van der Waals surface area (Å²) in [4.78, 5) is 14.5. The summed E-state index contributed by atoms with van der Waals surface area (Å²) in [6.07, 6.45) is 4.46. The molecule has 1 amide bonds. The van der Waals surface area contributed by atoms with Crippen LogP contribution in [0.1, 0.15) is 60.3 Å². The Kier molecular flexibility index (Phi) is 5.44. The van der Waals surface area contributed by atoms with Crippen molar-refractivity contribution in [1.29, 1.82) is 0 Å². The molecule has 0 aromatic rings. The lowest BCUT2D eigenvalue weighted by Gasteiger charge is -2.32. The van der Waals surface area contributed by atoms with Crippen LogP contribution in [0, 0.1) is 5.92 Å². The van der Waals surface area contributed by atoms with Gasteiger partial charge in [0.15, 0.2) is 0 Å². The molecule has 3 nitrogen and oxygen atoms in total. The molecule has 1 N–H and O–H groups in total. The van der Waals surface area contributed by atoms with Crippen molar-refractivity contribution in [1.82, 2.24) is 10.2 Å². The third-order valence-corrected chi connectivity index (χ3v) is 3.61. The van der Waals surface area contributed by atoms with Gasteiger partial charge >= 0.3 is 0 Å². The molecule has 3 heteroatoms. The minimum absolute atomic E-state index is 0.0479. The molecule has 0 aromatic heterocycles. The molecule has 0 aromatic carbocycles. The summed E-state index contributed by atoms with van der Waals surface area (Å²) in [6, 6.07) is 0.404. The molecule has 17 heavy (non-hydrogen) atoms. The Bertz CT molecular complexity index is 253. The maximum Gasteiger partial charge on any atom is 0.241 e. The van der Waals surface area contributed by atoms with E-state index >= 15 is 0 Å². The van der Waals surface area contributed by atoms with Gasteiger partial charge in [-0.15, -0.1) is 0 Å². The lowest BCUT2D eigenvalue weighted by Crippen LogP contribution is -2.46. The Morgan fingerprint density at radius 2 is 1.88 bits per heavy atom. The van der Waals surface area contributed by atoms with Crippen LogP contribution in [0.25, 0.3) is 0 Å². The topological polar surface area (TPSA) is 32.3 Å². The summed E-state index contributed by atoms with van der Waals surface area (Å²) in [5.41, 5.74) is 0. The molecule has 0 aliphatic carbocycles. The molecule has 1 aliphatic heterocycles. The molecular weight excluding hydrogens is 212 g/mol. The molecule has 1 saturated heterocycles. The first-order valence-corrected chi connectivity index (χ1v) is 7.11. The van der Waals surface area contributed by atoms with Gasteiger partial charge in [0.05, 0.1) is 12.2 Å². The minimum Gasteiger partial charge on any atom is -0.323 e. The highest BCUT2D eigenvalue weighted by Gasteiger charge is 2.41. The fraction of sp³-hybridized carbons (Fsp3) is 0.929. The predicted molar refractivity (Wildman–Crippen MR) is 71.7 cm³/mol. The van der Waals surface area contributed by atoms with E-state index < -0.39 is 0 Å². The van der Waals surface area contributed by atoms with Crippen molar-refractivity contribution >= 4 is 5.91 Å². The average molecular weight is 240 g/mol. The largest absolute Gasteiger partial charge is 0.323 e. The normalized spacial score (nSPS) is 26.9. The first-order chi connectivity index (χ1) is 8.02. The van der Waals surface area contributed by atoms with Crippen molar-refractivity contribution in [3.63, 3.8) is 0 Å². The zero-order valence-corrected chi connectivity index (χ0v) is 12.0. The molecule has 0 bridgehead atoms. The fourth-order valence-corrected chi connectivity index (χ4v) is 2.73. The number of rotatable bonds is 6. The van der Waals surface area contributed by atoms with E-state index in [9.17, 15) is 4.79 Å². The molecule has 1 aliphatic rings. The third-order valence-electron chi connectivity index (χ3n) is 3.61. The third kappa shape index (κ3) is 3.21. The summed E-state index contributed by atoms with van der Waals surface area (Å²) in [7, 11) is 0. The molecule has 0 saturated carbocycles. The van der Waals surface area contributed by atoms with E-state index in [4.69, 9.17) is 0 Å². The molecule has 3 atom stereocenters. The van der Waals surface area contributed by atoms with Crippen LogP contribution in [0.4, 0.5) is 0 Å². The molecule has 100 valence electrons. The van der Waals surface area contributed by atoms with Crippen LogP contribution in [0.5, 0.6) is 0 Å². The SMILES string of the molecule is CCCC1NC(C(C)C)N(C(C)CCC)C1=O. The molecule has 1 fully saturated rings. The Hall–Kier alpha value is -0.570. The summed E-state index contributed by atoms with van der Waals surface area (Å²) in [5.74, 6) is 0.784. The number of nitrogens with one attached hydrogen (secondary N) is 1. The first-order valence-electron chi connectivity index (χ1n) is 7.11. The van der Waals surface area contributed by atoms with Crippen molar-refractivity contribution in [2.24, 2.45) is 5.92 Å². The van der Waals surface area contributed by atoms with Crippen LogP contribution < -0.4 is 5.32 Å². The monoisotopic (exact) mass is 240 g/mol. The highest BCUT2D eigenvalue weighted by molar-refractivity contribution is 5.84. The zero-order valence-electron chi connectivity index (χ0n) is 12.0. The van der Waals surface area contributed by atoms with Gasteiger partial charge in [-0.25, -0.2) is 0 Å². The second-order valence-electron chi connectivity index (χ2n) is 5.58. The van der Waals surface area contributed by atoms with Crippen molar-refractivity contribution in [2.45, 2.75) is 78.6 Å². The maximum absolute atomic E-state index is 12.4. The molecule has 1 heterocycles. The van der Waals surface area contributed by atoms with Gasteiger partial charge in [-0.2, -0.15) is 0 Å². The second kappa shape index (κ2) is 6.39. The highest BCUT2D eigenvalue weighted by atomic mass is 16.2. The van der Waals surface area contributed by atoms with E-state index in [1.165, 1.54) is 0 Å². The van der Waals surface area contributed by atoms with Gasteiger partial charge in [0, 0.05) is 6.04 Å². The van der Waals surface area contributed by atoms with Crippen LogP contribution in [0.15, 0.2) is 0 Å². The van der Waals surface area contributed by atoms with E-state index in [2.05, 4.69) is 44.8 Å². The standard InChI is InChI=1S/C14H28N2O/c1-6-8-11(5)16-13(10(3)4)15-12(9-7-2)14(16)17/h10-13,15H,6-9H2,1-5H3. The van der Waals surface area contributed by atoms with E-state index in [-0.39, 0.29) is 12.2 Å². The summed E-state index contributed by atoms with van der Waals surface area (Å²) >= 11 is 0. The number of amides is 1. The van der Waals surface area contributed by atoms with Gasteiger partial charge in [-0.3, -0.25) is 10.1 Å². The Morgan fingerprint density at radius 1 is 1.24 bits per heavy atom. The van der Waals surface area contributed by atoms with Gasteiger partial charge in [0.2, 0.25) is 5.91 Å². The Morgan fingerprint density at radius 3 is 2.35 bits per heavy atom. The van der Waals surface area contributed by atoms with E-state index in [1.54, 1.807) is 0 Å². The molecule has 3 unspecified atom stereocenters. The van der Waals surface area contributed by atoms with Crippen LogP contribution in [-0.2, 0) is 4.79 Å². The molecule has 0 radical (unpaired) electrons. The van der Waals surface area contributed by atoms with Gasteiger partial charge < -0.3 is 4.90 Å². The minimum atomic E-state index is 0.0479. The number of nitrogens with zero attached hydrogens (tertiary/aromatic N) is 1. The van der Waals surface area contributed by atoms with Crippen LogP contribution in [0.3, 0.4) is 0 Å². The highest BCUT2D eigenvalue weighted by Crippen LogP contribution is 2.24. The average Bonchev–Trinajstić information content (AvgIpc) is 2.57. The summed E-state index contributed by atoms with van der Waals surface area (Å²) < 4.78 is 0. The lowest BCUT2D eigenvalue weighted by atomic mass is 10.1. The molecular formula is C14H28N2O. The van der Waals surface area contributed by atoms with Gasteiger partial charge in [-0.05, 0) is 25.7 Å². The second-order valence-corrected chi connectivity index (χ2v) is 5.58. The summed E-state index contributed by atoms with van der Waals surface area (Å²) in [6.45, 7) is 10.9. The molecule has 0 spiro atoms. The quantitative estimate of drug-likeness (QED) is 0.774. The zero-order chi connectivity index (χ0) is 13.0. The van der Waals surface area contributed by atoms with Gasteiger partial charge in [0.25, 0.3) is 0 Å². The molecule has 1 rings (SSSR count). The number of carbonyl (C=O) groups is 1. The van der Waals surface area contributed by atoms with Crippen LogP contribution in [-0.4, -0.2) is 29.1 Å². The van der Waals surface area contributed by atoms with Gasteiger partial charge in [-0.1, -0.05) is 40.5 Å². The van der Waals surface area contributed by atoms with Crippen molar-refractivity contribution < 1.29 is 4.79 Å². The number of hydrogen-bond acceptors (Lipinski definition) is 2. The first kappa shape index (κ1) is 14.5. The van der Waals surface area contributed by atoms with E-state index in [0.717, 1.165) is 25.7 Å². The van der Waals surface area contributed by atoms with Crippen molar-refractivity contribution in [3.8, 4) is 0 Å². The van der Waals surface area contributed by atoms with E-state index in [0.29, 0.717) is 17.9 Å². The number of hydrogen-bond donors (Lipinski definition) is 1. The smallest absolute Gasteiger partial charge is 0.241 e. The Balaban J connectivity index is 2.78.